The molecule has 2 saturated heterocycles. The Morgan fingerprint density at radius 3 is 2.37 bits per heavy atom. The summed E-state index contributed by atoms with van der Waals surface area (Å²) in [6.45, 7) is 7.07. The van der Waals surface area contributed by atoms with Gasteiger partial charge in [-0.3, -0.25) is 4.79 Å². The third-order valence-corrected chi connectivity index (χ3v) is 6.54. The summed E-state index contributed by atoms with van der Waals surface area (Å²) in [4.78, 5) is 18.8. The molecule has 1 aromatic rings. The summed E-state index contributed by atoms with van der Waals surface area (Å²) in [5.41, 5.74) is 2.36. The van der Waals surface area contributed by atoms with Crippen LogP contribution in [0.3, 0.4) is 0 Å². The number of hydrogen-bond donors (Lipinski definition) is 0. The molecule has 2 aliphatic heterocycles. The minimum absolute atomic E-state index is 0.0862. The van der Waals surface area contributed by atoms with Crippen LogP contribution in [0.2, 0.25) is 0 Å². The molecule has 2 aliphatic rings. The molecule has 1 atom stereocenters. The lowest BCUT2D eigenvalue weighted by Gasteiger charge is -2.30. The first-order chi connectivity index (χ1) is 13.1. The second-order valence-corrected chi connectivity index (χ2v) is 9.10. The topological polar surface area (TPSA) is 73.6 Å². The molecule has 1 amide bonds. The van der Waals surface area contributed by atoms with Crippen LogP contribution < -0.4 is 9.80 Å². The van der Waals surface area contributed by atoms with Crippen LogP contribution in [0.5, 0.6) is 0 Å². The molecule has 0 saturated carbocycles. The number of amides is 1. The summed E-state index contributed by atoms with van der Waals surface area (Å²) in [6.07, 6.45) is 0.609. The van der Waals surface area contributed by atoms with Gasteiger partial charge in [-0.15, -0.1) is 0 Å². The lowest BCUT2D eigenvalue weighted by atomic mass is 10.1. The van der Waals surface area contributed by atoms with E-state index in [0.29, 0.717) is 25.3 Å². The highest BCUT2D eigenvalue weighted by molar-refractivity contribution is 7.91. The molecule has 2 fully saturated rings. The number of carbonyl (C=O) groups excluding carboxylic acids is 1. The van der Waals surface area contributed by atoms with Gasteiger partial charge in [-0.2, -0.15) is 5.26 Å². The highest BCUT2D eigenvalue weighted by Gasteiger charge is 2.24. The number of nitrogens with zero attached hydrogens (tertiary/aromatic N) is 4. The Bertz CT molecular complexity index is 668. The molecule has 0 aliphatic carbocycles. The maximum absolute atomic E-state index is 12.3. The van der Waals surface area contributed by atoms with E-state index < -0.39 is 11.2 Å². The Labute approximate surface area is 164 Å². The van der Waals surface area contributed by atoms with Crippen molar-refractivity contribution in [2.75, 3.05) is 60.6 Å². The van der Waals surface area contributed by atoms with Crippen molar-refractivity contribution in [1.82, 2.24) is 4.90 Å². The van der Waals surface area contributed by atoms with Gasteiger partial charge in [-0.25, -0.2) is 0 Å². The second-order valence-electron chi connectivity index (χ2n) is 7.40. The minimum atomic E-state index is -0.659. The van der Waals surface area contributed by atoms with Crippen molar-refractivity contribution < 1.29 is 9.35 Å². The van der Waals surface area contributed by atoms with E-state index in [2.05, 4.69) is 47.1 Å². The molecule has 2 heterocycles. The molecule has 7 heteroatoms. The van der Waals surface area contributed by atoms with Crippen LogP contribution in [0, 0.1) is 17.2 Å². The monoisotopic (exact) mass is 388 g/mol. The van der Waals surface area contributed by atoms with Crippen LogP contribution in [0.1, 0.15) is 19.8 Å². The minimum Gasteiger partial charge on any atom is -0.616 e. The average molecular weight is 389 g/mol. The second kappa shape index (κ2) is 9.34. The normalized spacial score (nSPS) is 21.7. The standard InChI is InChI=1S/C20H28N4O2S/c1-17-15-23(9-10-24(16-17)20(25)3-2-8-21)19-6-4-18(5-7-19)22-11-13-27(26)14-12-22/h4-7,17H,2-3,9-16H2,1H3. The number of rotatable bonds is 4. The van der Waals surface area contributed by atoms with Crippen molar-refractivity contribution in [3.63, 3.8) is 0 Å². The van der Waals surface area contributed by atoms with Gasteiger partial charge in [0.15, 0.2) is 0 Å². The van der Waals surface area contributed by atoms with Crippen LogP contribution in [0.25, 0.3) is 0 Å². The maximum atomic E-state index is 12.3. The van der Waals surface area contributed by atoms with Crippen LogP contribution >= 0.6 is 0 Å². The van der Waals surface area contributed by atoms with E-state index in [1.54, 1.807) is 0 Å². The number of benzene rings is 1. The first-order valence-electron chi connectivity index (χ1n) is 9.66. The molecule has 3 rings (SSSR count). The van der Waals surface area contributed by atoms with Gasteiger partial charge in [-0.1, -0.05) is 18.1 Å². The van der Waals surface area contributed by atoms with E-state index in [1.165, 1.54) is 11.4 Å². The highest BCUT2D eigenvalue weighted by Crippen LogP contribution is 2.24. The Morgan fingerprint density at radius 2 is 1.74 bits per heavy atom. The van der Waals surface area contributed by atoms with E-state index in [9.17, 15) is 9.35 Å². The molecular formula is C20H28N4O2S. The zero-order valence-electron chi connectivity index (χ0n) is 16.0. The molecule has 6 nitrogen and oxygen atoms in total. The summed E-state index contributed by atoms with van der Waals surface area (Å²) in [6, 6.07) is 10.7. The summed E-state index contributed by atoms with van der Waals surface area (Å²) in [5.74, 6) is 1.97. The van der Waals surface area contributed by atoms with Crippen molar-refractivity contribution >= 4 is 28.5 Å². The first kappa shape index (κ1) is 19.8. The van der Waals surface area contributed by atoms with Crippen LogP contribution in [-0.2, 0) is 16.0 Å². The molecule has 0 aromatic heterocycles. The van der Waals surface area contributed by atoms with Gasteiger partial charge in [-0.05, 0) is 30.2 Å². The summed E-state index contributed by atoms with van der Waals surface area (Å²) in [7, 11) is 0. The predicted octanol–water partition coefficient (Wildman–Crippen LogP) is 1.84. The maximum Gasteiger partial charge on any atom is 0.223 e. The Balaban J connectivity index is 1.61. The number of hydrogen-bond acceptors (Lipinski definition) is 5. The molecule has 0 N–H and O–H groups in total. The fourth-order valence-corrected chi connectivity index (χ4v) is 4.84. The van der Waals surface area contributed by atoms with Gasteiger partial charge in [0.1, 0.15) is 11.5 Å². The highest BCUT2D eigenvalue weighted by atomic mass is 32.2. The number of anilines is 2. The van der Waals surface area contributed by atoms with Crippen molar-refractivity contribution in [3.8, 4) is 6.07 Å². The number of carbonyl (C=O) groups is 1. The third kappa shape index (κ3) is 5.30. The van der Waals surface area contributed by atoms with E-state index in [0.717, 1.165) is 44.2 Å². The fourth-order valence-electron chi connectivity index (χ4n) is 3.79. The Kier molecular flexibility index (Phi) is 6.86. The van der Waals surface area contributed by atoms with E-state index >= 15 is 0 Å². The molecule has 0 spiro atoms. The largest absolute Gasteiger partial charge is 0.616 e. The lowest BCUT2D eigenvalue weighted by molar-refractivity contribution is -0.131. The zero-order chi connectivity index (χ0) is 19.2. The molecule has 146 valence electrons. The molecule has 1 aromatic carbocycles. The quantitative estimate of drug-likeness (QED) is 0.736. The zero-order valence-corrected chi connectivity index (χ0v) is 16.8. The van der Waals surface area contributed by atoms with Gasteiger partial charge in [0, 0.05) is 50.4 Å². The average Bonchev–Trinajstić information content (AvgIpc) is 2.88. The van der Waals surface area contributed by atoms with E-state index in [4.69, 9.17) is 5.26 Å². The summed E-state index contributed by atoms with van der Waals surface area (Å²) < 4.78 is 11.5. The fraction of sp³-hybridized carbons (Fsp3) is 0.600. The van der Waals surface area contributed by atoms with Crippen molar-refractivity contribution in [2.45, 2.75) is 19.8 Å². The predicted molar refractivity (Wildman–Crippen MR) is 109 cm³/mol. The third-order valence-electron chi connectivity index (χ3n) is 5.27. The van der Waals surface area contributed by atoms with Crippen LogP contribution in [0.4, 0.5) is 11.4 Å². The van der Waals surface area contributed by atoms with Crippen molar-refractivity contribution in [1.29, 1.82) is 5.26 Å². The van der Waals surface area contributed by atoms with Crippen molar-refractivity contribution in [3.05, 3.63) is 24.3 Å². The van der Waals surface area contributed by atoms with Crippen LogP contribution in [0.15, 0.2) is 24.3 Å². The smallest absolute Gasteiger partial charge is 0.223 e. The molecule has 0 bridgehead atoms. The van der Waals surface area contributed by atoms with Gasteiger partial charge in [0.05, 0.1) is 19.2 Å². The van der Waals surface area contributed by atoms with Gasteiger partial charge >= 0.3 is 0 Å². The van der Waals surface area contributed by atoms with Gasteiger partial charge in [0.2, 0.25) is 5.91 Å². The van der Waals surface area contributed by atoms with Crippen LogP contribution in [-0.4, -0.2) is 66.1 Å². The van der Waals surface area contributed by atoms with E-state index in [1.807, 2.05) is 4.90 Å². The van der Waals surface area contributed by atoms with Gasteiger partial charge in [0.25, 0.3) is 0 Å². The lowest BCUT2D eigenvalue weighted by Crippen LogP contribution is -2.40. The molecule has 27 heavy (non-hydrogen) atoms. The van der Waals surface area contributed by atoms with Gasteiger partial charge < -0.3 is 19.3 Å². The SMILES string of the molecule is CC1CN(C(=O)CCC#N)CCN(c2ccc(N3CC[S+]([O-])CC3)cc2)C1. The Morgan fingerprint density at radius 1 is 1.11 bits per heavy atom. The first-order valence-corrected chi connectivity index (χ1v) is 11.2. The molecular weight excluding hydrogens is 360 g/mol. The molecule has 1 unspecified atom stereocenters. The van der Waals surface area contributed by atoms with Crippen molar-refractivity contribution in [2.24, 2.45) is 5.92 Å². The van der Waals surface area contributed by atoms with E-state index in [-0.39, 0.29) is 5.91 Å². The Hall–Kier alpha value is -1.91. The molecule has 0 radical (unpaired) electrons. The number of nitriles is 1. The summed E-state index contributed by atoms with van der Waals surface area (Å²) in [5, 5.41) is 8.69. The summed E-state index contributed by atoms with van der Waals surface area (Å²) >= 11 is -0.659.